The van der Waals surface area contributed by atoms with Gasteiger partial charge in [0.05, 0.1) is 0 Å². The quantitative estimate of drug-likeness (QED) is 0.530. The van der Waals surface area contributed by atoms with Gasteiger partial charge in [-0.25, -0.2) is 0 Å². The highest BCUT2D eigenvalue weighted by Gasteiger charge is 1.81. The predicted octanol–water partition coefficient (Wildman–Crippen LogP) is 1.37. The first-order chi connectivity index (χ1) is 3.41. The van der Waals surface area contributed by atoms with Gasteiger partial charge in [-0.05, 0) is 6.42 Å². The summed E-state index contributed by atoms with van der Waals surface area (Å²) in [7, 11) is 0. The van der Waals surface area contributed by atoms with Crippen LogP contribution in [0.3, 0.4) is 0 Å². The summed E-state index contributed by atoms with van der Waals surface area (Å²) in [6.07, 6.45) is 4.22. The van der Waals surface area contributed by atoms with Crippen molar-refractivity contribution in [3.8, 4) is 0 Å². The maximum absolute atomic E-state index is 8.27. The van der Waals surface area contributed by atoms with Gasteiger partial charge in [0.1, 0.15) is 0 Å². The summed E-state index contributed by atoms with van der Waals surface area (Å²) in [4.78, 5) is 0. The van der Waals surface area contributed by atoms with Crippen molar-refractivity contribution in [1.29, 1.82) is 0 Å². The molecule has 0 spiro atoms. The Morgan fingerprint density at radius 1 is 1.14 bits per heavy atom. The molecular formula is C6H13O. The maximum atomic E-state index is 8.27. The fourth-order valence-corrected chi connectivity index (χ4v) is 0.465. The fourth-order valence-electron chi connectivity index (χ4n) is 0.465. The van der Waals surface area contributed by atoms with Crippen molar-refractivity contribution in [3.05, 3.63) is 6.92 Å². The first-order valence-electron chi connectivity index (χ1n) is 2.82. The summed E-state index contributed by atoms with van der Waals surface area (Å²) in [5.74, 6) is 0. The van der Waals surface area contributed by atoms with Crippen LogP contribution in [0.15, 0.2) is 0 Å². The number of hydrogen-bond acceptors (Lipinski definition) is 1. The van der Waals surface area contributed by atoms with E-state index in [2.05, 4.69) is 6.92 Å². The predicted molar refractivity (Wildman–Crippen MR) is 30.9 cm³/mol. The van der Waals surface area contributed by atoms with Gasteiger partial charge in [0, 0.05) is 6.61 Å². The summed E-state index contributed by atoms with van der Waals surface area (Å²) in [6, 6.07) is 0. The third kappa shape index (κ3) is 5.96. The van der Waals surface area contributed by atoms with Crippen LogP contribution < -0.4 is 0 Å². The second kappa shape index (κ2) is 5.96. The van der Waals surface area contributed by atoms with Gasteiger partial charge in [-0.1, -0.05) is 26.2 Å². The van der Waals surface area contributed by atoms with Gasteiger partial charge >= 0.3 is 0 Å². The zero-order chi connectivity index (χ0) is 5.54. The van der Waals surface area contributed by atoms with E-state index in [1.165, 1.54) is 0 Å². The largest absolute Gasteiger partial charge is 0.396 e. The van der Waals surface area contributed by atoms with Gasteiger partial charge in [-0.2, -0.15) is 0 Å². The number of unbranched alkanes of at least 4 members (excludes halogenated alkanes) is 3. The molecule has 0 saturated heterocycles. The molecule has 0 aliphatic heterocycles. The van der Waals surface area contributed by atoms with Crippen molar-refractivity contribution < 1.29 is 5.11 Å². The van der Waals surface area contributed by atoms with E-state index in [1.54, 1.807) is 0 Å². The molecule has 1 heteroatoms. The minimum Gasteiger partial charge on any atom is -0.396 e. The third-order valence-electron chi connectivity index (χ3n) is 0.908. The molecule has 0 aromatic carbocycles. The fraction of sp³-hybridized carbons (Fsp3) is 0.833. The van der Waals surface area contributed by atoms with Gasteiger partial charge in [0.2, 0.25) is 0 Å². The lowest BCUT2D eigenvalue weighted by molar-refractivity contribution is 0.283. The van der Waals surface area contributed by atoms with E-state index in [0.717, 1.165) is 25.7 Å². The smallest absolute Gasteiger partial charge is 0.0431 e. The first kappa shape index (κ1) is 6.96. The molecule has 1 radical (unpaired) electrons. The lowest BCUT2D eigenvalue weighted by Crippen LogP contribution is -1.80. The molecule has 0 atom stereocenters. The Balaban J connectivity index is 2.45. The van der Waals surface area contributed by atoms with E-state index in [0.29, 0.717) is 6.61 Å². The monoisotopic (exact) mass is 101 g/mol. The topological polar surface area (TPSA) is 20.2 Å². The number of hydrogen-bond donors (Lipinski definition) is 1. The van der Waals surface area contributed by atoms with Crippen molar-refractivity contribution in [2.75, 3.05) is 6.61 Å². The zero-order valence-electron chi connectivity index (χ0n) is 4.69. The summed E-state index contributed by atoms with van der Waals surface area (Å²) in [5, 5.41) is 8.27. The Morgan fingerprint density at radius 2 is 1.86 bits per heavy atom. The molecule has 0 fully saturated rings. The van der Waals surface area contributed by atoms with Crippen LogP contribution in [0, 0.1) is 6.92 Å². The molecule has 43 valence electrons. The van der Waals surface area contributed by atoms with Gasteiger partial charge in [0.15, 0.2) is 0 Å². The molecule has 0 bridgehead atoms. The Kier molecular flexibility index (Phi) is 5.93. The molecule has 0 unspecified atom stereocenters. The Bertz CT molecular complexity index is 23.4. The van der Waals surface area contributed by atoms with Gasteiger partial charge in [0.25, 0.3) is 0 Å². The summed E-state index contributed by atoms with van der Waals surface area (Å²) >= 11 is 0. The lowest BCUT2D eigenvalue weighted by atomic mass is 10.2. The molecule has 0 saturated carbocycles. The highest BCUT2D eigenvalue weighted by Crippen LogP contribution is 1.95. The highest BCUT2D eigenvalue weighted by atomic mass is 16.2. The molecule has 1 N–H and O–H groups in total. The van der Waals surface area contributed by atoms with Gasteiger partial charge < -0.3 is 5.11 Å². The number of aliphatic hydroxyl groups is 1. The Hall–Kier alpha value is -0.0400. The van der Waals surface area contributed by atoms with Crippen LogP contribution in [-0.2, 0) is 0 Å². The zero-order valence-corrected chi connectivity index (χ0v) is 4.69. The third-order valence-corrected chi connectivity index (χ3v) is 0.908. The molecule has 0 aromatic rings. The molecule has 0 heterocycles. The normalized spacial score (nSPS) is 9.43. The average molecular weight is 101 g/mol. The average Bonchev–Trinajstić information content (AvgIpc) is 1.69. The minimum absolute atomic E-state index is 0.333. The van der Waals surface area contributed by atoms with Gasteiger partial charge in [-0.15, -0.1) is 0 Å². The molecule has 1 nitrogen and oxygen atoms in total. The Labute approximate surface area is 45.4 Å². The summed E-state index contributed by atoms with van der Waals surface area (Å²) in [5.41, 5.74) is 0. The van der Waals surface area contributed by atoms with E-state index >= 15 is 0 Å². The summed E-state index contributed by atoms with van der Waals surface area (Å²) < 4.78 is 0. The van der Waals surface area contributed by atoms with E-state index in [9.17, 15) is 0 Å². The van der Waals surface area contributed by atoms with Crippen molar-refractivity contribution >= 4 is 0 Å². The first-order valence-corrected chi connectivity index (χ1v) is 2.82. The molecular weight excluding hydrogens is 88.1 g/mol. The van der Waals surface area contributed by atoms with Crippen LogP contribution in [0.4, 0.5) is 0 Å². The molecule has 7 heavy (non-hydrogen) atoms. The van der Waals surface area contributed by atoms with Crippen LogP contribution in [0.1, 0.15) is 25.7 Å². The molecule has 0 aliphatic rings. The lowest BCUT2D eigenvalue weighted by Gasteiger charge is -1.90. The van der Waals surface area contributed by atoms with Crippen LogP contribution in [-0.4, -0.2) is 11.7 Å². The molecule has 0 aromatic heterocycles. The molecule has 0 aliphatic carbocycles. The standard InChI is InChI=1S/C6H13O/c1-2-3-4-5-6-7/h7H,1-6H2. The van der Waals surface area contributed by atoms with Crippen LogP contribution >= 0.6 is 0 Å². The van der Waals surface area contributed by atoms with Crippen molar-refractivity contribution in [3.63, 3.8) is 0 Å². The SMILES string of the molecule is [CH2]CCCCCO. The second-order valence-electron chi connectivity index (χ2n) is 1.64. The van der Waals surface area contributed by atoms with E-state index < -0.39 is 0 Å². The van der Waals surface area contributed by atoms with Crippen molar-refractivity contribution in [2.45, 2.75) is 25.7 Å². The summed E-state index contributed by atoms with van der Waals surface area (Å²) in [6.45, 7) is 4.01. The second-order valence-corrected chi connectivity index (χ2v) is 1.64. The van der Waals surface area contributed by atoms with Crippen LogP contribution in [0.25, 0.3) is 0 Å². The van der Waals surface area contributed by atoms with Gasteiger partial charge in [-0.3, -0.25) is 0 Å². The Morgan fingerprint density at radius 3 is 2.29 bits per heavy atom. The van der Waals surface area contributed by atoms with E-state index in [4.69, 9.17) is 5.11 Å². The minimum atomic E-state index is 0.333. The molecule has 0 rings (SSSR count). The van der Waals surface area contributed by atoms with E-state index in [1.807, 2.05) is 0 Å². The van der Waals surface area contributed by atoms with E-state index in [-0.39, 0.29) is 0 Å². The van der Waals surface area contributed by atoms with Crippen LogP contribution in [0.2, 0.25) is 0 Å². The maximum Gasteiger partial charge on any atom is 0.0431 e. The van der Waals surface area contributed by atoms with Crippen molar-refractivity contribution in [1.82, 2.24) is 0 Å². The van der Waals surface area contributed by atoms with Crippen LogP contribution in [0.5, 0.6) is 0 Å². The number of aliphatic hydroxyl groups excluding tert-OH is 1. The van der Waals surface area contributed by atoms with Crippen molar-refractivity contribution in [2.24, 2.45) is 0 Å². The highest BCUT2D eigenvalue weighted by molar-refractivity contribution is 4.41. The number of rotatable bonds is 4. The molecule has 0 amide bonds.